The van der Waals surface area contributed by atoms with E-state index in [4.69, 9.17) is 4.74 Å². The minimum Gasteiger partial charge on any atom is -0.363 e. The highest BCUT2D eigenvalue weighted by Crippen LogP contribution is 2.27. The second-order valence-corrected chi connectivity index (χ2v) is 5.35. The molecule has 1 amide bonds. The highest BCUT2D eigenvalue weighted by molar-refractivity contribution is 9.10. The zero-order valence-electron chi connectivity index (χ0n) is 10.7. The maximum absolute atomic E-state index is 12.4. The molecule has 1 aliphatic heterocycles. The number of nitrogens with one attached hydrogen (secondary N) is 1. The first-order chi connectivity index (χ1) is 9.74. The average molecular weight is 333 g/mol. The van der Waals surface area contributed by atoms with Crippen LogP contribution in [-0.2, 0) is 16.0 Å². The van der Waals surface area contributed by atoms with Crippen LogP contribution in [0.2, 0.25) is 0 Å². The topological polar surface area (TPSA) is 51.2 Å². The van der Waals surface area contributed by atoms with Crippen LogP contribution in [0.15, 0.2) is 47.1 Å². The lowest BCUT2D eigenvalue weighted by Gasteiger charge is -2.25. The van der Waals surface area contributed by atoms with Crippen molar-refractivity contribution in [2.75, 3.05) is 11.9 Å². The Hall–Kier alpha value is -1.72. The van der Waals surface area contributed by atoms with E-state index in [1.165, 1.54) is 5.56 Å². The number of hydrogen-bond donors (Lipinski definition) is 1. The molecule has 1 aromatic heterocycles. The molecule has 4 nitrogen and oxygen atoms in total. The van der Waals surface area contributed by atoms with E-state index in [1.54, 1.807) is 6.07 Å². The van der Waals surface area contributed by atoms with Crippen molar-refractivity contribution < 1.29 is 9.53 Å². The van der Waals surface area contributed by atoms with Crippen LogP contribution in [0.3, 0.4) is 0 Å². The van der Waals surface area contributed by atoms with Crippen molar-refractivity contribution >= 4 is 27.7 Å². The fraction of sp³-hybridized carbons (Fsp3) is 0.200. The molecule has 5 heteroatoms. The lowest BCUT2D eigenvalue weighted by molar-refractivity contribution is -0.128. The smallest absolute Gasteiger partial charge is 0.259 e. The van der Waals surface area contributed by atoms with Crippen LogP contribution in [0, 0.1) is 0 Å². The van der Waals surface area contributed by atoms with Crippen molar-refractivity contribution in [2.45, 2.75) is 12.5 Å². The highest BCUT2D eigenvalue weighted by atomic mass is 79.9. The Labute approximate surface area is 125 Å². The van der Waals surface area contributed by atoms with Gasteiger partial charge in [0.2, 0.25) is 0 Å². The Balaban J connectivity index is 1.82. The van der Waals surface area contributed by atoms with E-state index in [0.29, 0.717) is 17.0 Å². The molecular formula is C15H13BrN2O2. The largest absolute Gasteiger partial charge is 0.363 e. The number of halogens is 1. The van der Waals surface area contributed by atoms with Gasteiger partial charge in [0, 0.05) is 0 Å². The summed E-state index contributed by atoms with van der Waals surface area (Å²) >= 11 is 3.28. The molecule has 1 aromatic carbocycles. The third kappa shape index (κ3) is 2.73. The molecule has 20 heavy (non-hydrogen) atoms. The molecule has 0 fully saturated rings. The molecule has 1 N–H and O–H groups in total. The number of amides is 1. The third-order valence-corrected chi connectivity index (χ3v) is 3.64. The number of benzene rings is 1. The fourth-order valence-electron chi connectivity index (χ4n) is 2.28. The molecule has 0 bridgehead atoms. The van der Waals surface area contributed by atoms with Crippen LogP contribution in [0.1, 0.15) is 17.2 Å². The van der Waals surface area contributed by atoms with Crippen LogP contribution in [0.5, 0.6) is 0 Å². The number of anilines is 1. The van der Waals surface area contributed by atoms with Gasteiger partial charge in [0.15, 0.2) is 6.10 Å². The van der Waals surface area contributed by atoms with E-state index >= 15 is 0 Å². The maximum atomic E-state index is 12.4. The Morgan fingerprint density at radius 1 is 1.25 bits per heavy atom. The average Bonchev–Trinajstić information content (AvgIpc) is 2.46. The minimum atomic E-state index is -0.569. The van der Waals surface area contributed by atoms with E-state index in [-0.39, 0.29) is 5.91 Å². The number of hydrogen-bond acceptors (Lipinski definition) is 3. The Morgan fingerprint density at radius 2 is 2.10 bits per heavy atom. The van der Waals surface area contributed by atoms with E-state index in [9.17, 15) is 4.79 Å². The summed E-state index contributed by atoms with van der Waals surface area (Å²) in [5, 5.41) is 2.79. The van der Waals surface area contributed by atoms with E-state index in [1.807, 2.05) is 36.4 Å². The molecule has 0 aliphatic carbocycles. The second kappa shape index (κ2) is 5.73. The lowest BCUT2D eigenvalue weighted by atomic mass is 9.97. The van der Waals surface area contributed by atoms with Crippen LogP contribution in [0.4, 0.5) is 5.82 Å². The van der Waals surface area contributed by atoms with Gasteiger partial charge in [0.05, 0.1) is 6.61 Å². The molecule has 1 unspecified atom stereocenters. The molecule has 0 saturated heterocycles. The zero-order valence-corrected chi connectivity index (χ0v) is 12.3. The Kier molecular flexibility index (Phi) is 3.80. The molecule has 0 spiro atoms. The molecule has 2 aromatic rings. The summed E-state index contributed by atoms with van der Waals surface area (Å²) in [5.41, 5.74) is 2.10. The van der Waals surface area contributed by atoms with Gasteiger partial charge in [-0.05, 0) is 45.6 Å². The van der Waals surface area contributed by atoms with Crippen LogP contribution in [0.25, 0.3) is 0 Å². The van der Waals surface area contributed by atoms with E-state index in [0.717, 1.165) is 12.0 Å². The van der Waals surface area contributed by atoms with Gasteiger partial charge >= 0.3 is 0 Å². The molecule has 0 radical (unpaired) electrons. The van der Waals surface area contributed by atoms with Gasteiger partial charge in [-0.2, -0.15) is 0 Å². The van der Waals surface area contributed by atoms with Crippen molar-refractivity contribution in [1.29, 1.82) is 0 Å². The molecule has 0 saturated carbocycles. The summed E-state index contributed by atoms with van der Waals surface area (Å²) in [7, 11) is 0. The summed E-state index contributed by atoms with van der Waals surface area (Å²) < 4.78 is 6.30. The second-order valence-electron chi connectivity index (χ2n) is 4.53. The number of pyridine rings is 1. The number of fused-ring (bicyclic) bond motifs is 1. The number of carbonyl (C=O) groups is 1. The van der Waals surface area contributed by atoms with Crippen molar-refractivity contribution in [3.8, 4) is 0 Å². The number of aromatic nitrogens is 1. The van der Waals surface area contributed by atoms with Crippen molar-refractivity contribution in [2.24, 2.45) is 0 Å². The predicted octanol–water partition coefficient (Wildman–Crippen LogP) is 3.10. The van der Waals surface area contributed by atoms with Gasteiger partial charge in [-0.15, -0.1) is 0 Å². The SMILES string of the molecule is O=C(Nc1cccc(Br)n1)C1OCCc2ccccc21. The Bertz CT molecular complexity index is 645. The molecule has 102 valence electrons. The van der Waals surface area contributed by atoms with Crippen molar-refractivity contribution in [3.05, 3.63) is 58.2 Å². The van der Waals surface area contributed by atoms with Gasteiger partial charge < -0.3 is 10.1 Å². The number of rotatable bonds is 2. The molecular weight excluding hydrogens is 320 g/mol. The Morgan fingerprint density at radius 3 is 2.95 bits per heavy atom. The minimum absolute atomic E-state index is 0.192. The first-order valence-electron chi connectivity index (χ1n) is 6.37. The number of ether oxygens (including phenoxy) is 1. The van der Waals surface area contributed by atoms with E-state index in [2.05, 4.69) is 26.2 Å². The summed E-state index contributed by atoms with van der Waals surface area (Å²) in [6.07, 6.45) is 0.274. The van der Waals surface area contributed by atoms with Crippen LogP contribution in [-0.4, -0.2) is 17.5 Å². The lowest BCUT2D eigenvalue weighted by Crippen LogP contribution is -2.28. The van der Waals surface area contributed by atoms with Gasteiger partial charge in [-0.1, -0.05) is 30.3 Å². The van der Waals surface area contributed by atoms with Crippen molar-refractivity contribution in [3.63, 3.8) is 0 Å². The summed E-state index contributed by atoms with van der Waals surface area (Å²) in [6, 6.07) is 13.3. The fourth-order valence-corrected chi connectivity index (χ4v) is 2.62. The quantitative estimate of drug-likeness (QED) is 0.860. The van der Waals surface area contributed by atoms with Crippen LogP contribution >= 0.6 is 15.9 Å². The highest BCUT2D eigenvalue weighted by Gasteiger charge is 2.27. The van der Waals surface area contributed by atoms with Gasteiger partial charge in [-0.25, -0.2) is 4.98 Å². The van der Waals surface area contributed by atoms with Gasteiger partial charge in [-0.3, -0.25) is 4.79 Å². The van der Waals surface area contributed by atoms with E-state index < -0.39 is 6.10 Å². The first-order valence-corrected chi connectivity index (χ1v) is 7.16. The standard InChI is InChI=1S/C15H13BrN2O2/c16-12-6-3-7-13(17-12)18-15(19)14-11-5-2-1-4-10(11)8-9-20-14/h1-7,14H,8-9H2,(H,17,18,19). The third-order valence-electron chi connectivity index (χ3n) is 3.20. The maximum Gasteiger partial charge on any atom is 0.259 e. The normalized spacial score (nSPS) is 17.4. The summed E-state index contributed by atoms with van der Waals surface area (Å²) in [5.74, 6) is 0.318. The molecule has 3 rings (SSSR count). The number of nitrogens with zero attached hydrogens (tertiary/aromatic N) is 1. The monoisotopic (exact) mass is 332 g/mol. The van der Waals surface area contributed by atoms with Crippen molar-refractivity contribution in [1.82, 2.24) is 4.98 Å². The van der Waals surface area contributed by atoms with Gasteiger partial charge in [0.1, 0.15) is 10.4 Å². The van der Waals surface area contributed by atoms with Gasteiger partial charge in [0.25, 0.3) is 5.91 Å². The zero-order chi connectivity index (χ0) is 13.9. The number of carbonyl (C=O) groups excluding carboxylic acids is 1. The molecule has 2 heterocycles. The first kappa shape index (κ1) is 13.3. The van der Waals surface area contributed by atoms with Crippen LogP contribution < -0.4 is 5.32 Å². The molecule has 1 aliphatic rings. The molecule has 1 atom stereocenters. The summed E-state index contributed by atoms with van der Waals surface area (Å²) in [6.45, 7) is 0.557. The summed E-state index contributed by atoms with van der Waals surface area (Å²) in [4.78, 5) is 16.5. The predicted molar refractivity (Wildman–Crippen MR) is 79.4 cm³/mol.